The number of rotatable bonds is 3. The first kappa shape index (κ1) is 12.8. The van der Waals surface area contributed by atoms with Gasteiger partial charge in [-0.05, 0) is 29.6 Å². The molecule has 0 aliphatic heterocycles. The molecule has 0 spiro atoms. The average Bonchev–Trinajstić information content (AvgIpc) is 2.94. The van der Waals surface area contributed by atoms with Gasteiger partial charge in [-0.25, -0.2) is 4.39 Å². The average molecular weight is 311 g/mol. The monoisotopic (exact) mass is 310 g/mol. The van der Waals surface area contributed by atoms with Crippen LogP contribution in [0.5, 0.6) is 0 Å². The molecule has 3 rings (SSSR count). The summed E-state index contributed by atoms with van der Waals surface area (Å²) in [4.78, 5) is 12.8. The van der Waals surface area contributed by atoms with Crippen LogP contribution in [-0.2, 0) is 6.42 Å². The van der Waals surface area contributed by atoms with Gasteiger partial charge in [0.05, 0.1) is 4.88 Å². The second kappa shape index (κ2) is 5.04. The van der Waals surface area contributed by atoms with Crippen molar-refractivity contribution in [2.75, 3.05) is 0 Å². The van der Waals surface area contributed by atoms with Crippen molar-refractivity contribution < 1.29 is 9.18 Å². The highest BCUT2D eigenvalue weighted by atomic mass is 35.5. The first-order valence-electron chi connectivity index (χ1n) is 5.58. The van der Waals surface area contributed by atoms with E-state index in [9.17, 15) is 9.18 Å². The number of halogens is 2. The van der Waals surface area contributed by atoms with Gasteiger partial charge in [-0.1, -0.05) is 17.7 Å². The number of fused-ring (bicyclic) bond motifs is 1. The van der Waals surface area contributed by atoms with Crippen molar-refractivity contribution in [3.05, 3.63) is 57.0 Å². The topological polar surface area (TPSA) is 17.1 Å². The second-order valence-electron chi connectivity index (χ2n) is 4.06. The van der Waals surface area contributed by atoms with Gasteiger partial charge in [-0.3, -0.25) is 4.79 Å². The van der Waals surface area contributed by atoms with E-state index in [0.717, 1.165) is 9.40 Å². The zero-order valence-corrected chi connectivity index (χ0v) is 12.0. The highest BCUT2D eigenvalue weighted by Crippen LogP contribution is 2.31. The minimum Gasteiger partial charge on any atom is -0.293 e. The highest BCUT2D eigenvalue weighted by molar-refractivity contribution is 7.27. The summed E-state index contributed by atoms with van der Waals surface area (Å²) in [6, 6.07) is 8.30. The third-order valence-electron chi connectivity index (χ3n) is 2.81. The van der Waals surface area contributed by atoms with Crippen molar-refractivity contribution in [2.45, 2.75) is 6.42 Å². The molecule has 1 nitrogen and oxygen atoms in total. The van der Waals surface area contributed by atoms with Gasteiger partial charge in [0.15, 0.2) is 5.78 Å². The number of benzene rings is 1. The number of carbonyl (C=O) groups excluding carboxylic acids is 1. The fraction of sp³-hybridized carbons (Fsp3) is 0.0714. The van der Waals surface area contributed by atoms with Gasteiger partial charge in [0.2, 0.25) is 0 Å². The summed E-state index contributed by atoms with van der Waals surface area (Å²) in [6.45, 7) is 0. The van der Waals surface area contributed by atoms with Gasteiger partial charge < -0.3 is 0 Å². The minimum atomic E-state index is -0.431. The molecule has 0 fully saturated rings. The Hall–Kier alpha value is -1.23. The Morgan fingerprint density at radius 1 is 1.26 bits per heavy atom. The van der Waals surface area contributed by atoms with E-state index in [-0.39, 0.29) is 17.8 Å². The molecule has 0 unspecified atom stereocenters. The molecule has 2 heterocycles. The van der Waals surface area contributed by atoms with Crippen LogP contribution in [0, 0.1) is 5.82 Å². The lowest BCUT2D eigenvalue weighted by Crippen LogP contribution is -2.03. The van der Waals surface area contributed by atoms with E-state index in [1.807, 2.05) is 17.5 Å². The lowest BCUT2D eigenvalue weighted by atomic mass is 10.1. The van der Waals surface area contributed by atoms with E-state index >= 15 is 0 Å². The second-order valence-corrected chi connectivity index (χ2v) is 6.50. The molecule has 0 aliphatic rings. The van der Waals surface area contributed by atoms with Crippen molar-refractivity contribution in [2.24, 2.45) is 0 Å². The molecule has 0 atom stereocenters. The summed E-state index contributed by atoms with van der Waals surface area (Å²) in [5, 5.41) is 2.29. The normalized spacial score (nSPS) is 11.1. The maximum Gasteiger partial charge on any atom is 0.177 e. The van der Waals surface area contributed by atoms with Gasteiger partial charge in [0.1, 0.15) is 5.82 Å². The van der Waals surface area contributed by atoms with E-state index in [2.05, 4.69) is 0 Å². The molecule has 1 aromatic carbocycles. The molecule has 0 bridgehead atoms. The molecule has 96 valence electrons. The molecule has 0 aliphatic carbocycles. The van der Waals surface area contributed by atoms with E-state index < -0.39 is 5.82 Å². The summed E-state index contributed by atoms with van der Waals surface area (Å²) in [5.74, 6) is -0.528. The Bertz CT molecular complexity index is 711. The Morgan fingerprint density at radius 2 is 2.11 bits per heavy atom. The number of thiophene rings is 2. The number of hydrogen-bond acceptors (Lipinski definition) is 3. The van der Waals surface area contributed by atoms with Crippen LogP contribution in [0.4, 0.5) is 4.39 Å². The Morgan fingerprint density at radius 3 is 2.84 bits per heavy atom. The lowest BCUT2D eigenvalue weighted by Gasteiger charge is -2.03. The first-order chi connectivity index (χ1) is 9.15. The largest absolute Gasteiger partial charge is 0.293 e. The van der Waals surface area contributed by atoms with E-state index in [0.29, 0.717) is 9.90 Å². The standard InChI is InChI=1S/C14H8ClFOS2/c15-9-2-1-3-10(16)8(9)6-11(17)13-7-14-12(19-13)4-5-18-14/h1-5,7H,6H2. The van der Waals surface area contributed by atoms with Crippen LogP contribution >= 0.6 is 34.3 Å². The zero-order valence-electron chi connectivity index (χ0n) is 9.65. The van der Waals surface area contributed by atoms with Crippen molar-refractivity contribution in [3.63, 3.8) is 0 Å². The SMILES string of the molecule is O=C(Cc1c(F)cccc1Cl)c1cc2sccc2s1. The summed E-state index contributed by atoms with van der Waals surface area (Å²) in [6.07, 6.45) is -0.000713. The molecule has 5 heteroatoms. The van der Waals surface area contributed by atoms with Crippen LogP contribution in [0.25, 0.3) is 9.40 Å². The highest BCUT2D eigenvalue weighted by Gasteiger charge is 2.16. The molecule has 0 saturated carbocycles. The smallest absolute Gasteiger partial charge is 0.177 e. The minimum absolute atomic E-state index is 0.000713. The predicted molar refractivity (Wildman–Crippen MR) is 79.1 cm³/mol. The van der Waals surface area contributed by atoms with Crippen LogP contribution in [0.2, 0.25) is 5.02 Å². The summed E-state index contributed by atoms with van der Waals surface area (Å²) in [5.41, 5.74) is 0.269. The summed E-state index contributed by atoms with van der Waals surface area (Å²) >= 11 is 8.97. The maximum absolute atomic E-state index is 13.6. The van der Waals surface area contributed by atoms with Crippen LogP contribution in [0.15, 0.2) is 35.7 Å². The van der Waals surface area contributed by atoms with E-state index in [1.54, 1.807) is 17.4 Å². The molecule has 0 saturated heterocycles. The van der Waals surface area contributed by atoms with Crippen molar-refractivity contribution >= 4 is 49.5 Å². The van der Waals surface area contributed by atoms with E-state index in [1.165, 1.54) is 23.5 Å². The summed E-state index contributed by atoms with van der Waals surface area (Å²) in [7, 11) is 0. The summed E-state index contributed by atoms with van der Waals surface area (Å²) < 4.78 is 15.8. The molecule has 0 N–H and O–H groups in total. The maximum atomic E-state index is 13.6. The van der Waals surface area contributed by atoms with Gasteiger partial charge in [-0.15, -0.1) is 22.7 Å². The van der Waals surface area contributed by atoms with Gasteiger partial charge in [0, 0.05) is 26.4 Å². The van der Waals surface area contributed by atoms with Crippen LogP contribution in [-0.4, -0.2) is 5.78 Å². The van der Waals surface area contributed by atoms with Crippen molar-refractivity contribution in [3.8, 4) is 0 Å². The Kier molecular flexibility index (Phi) is 3.39. The van der Waals surface area contributed by atoms with Crippen molar-refractivity contribution in [1.29, 1.82) is 0 Å². The first-order valence-corrected chi connectivity index (χ1v) is 7.65. The molecule has 19 heavy (non-hydrogen) atoms. The number of ketones is 1. The lowest BCUT2D eigenvalue weighted by molar-refractivity contribution is 0.0996. The van der Waals surface area contributed by atoms with Gasteiger partial charge in [-0.2, -0.15) is 0 Å². The fourth-order valence-electron chi connectivity index (χ4n) is 1.85. The van der Waals surface area contributed by atoms with E-state index in [4.69, 9.17) is 11.6 Å². The number of carbonyl (C=O) groups is 1. The van der Waals surface area contributed by atoms with Crippen LogP contribution in [0.1, 0.15) is 15.2 Å². The Balaban J connectivity index is 1.91. The predicted octanol–water partition coefficient (Wildman–Crippen LogP) is 5.18. The molecule has 0 radical (unpaired) electrons. The molecular weight excluding hydrogens is 303 g/mol. The van der Waals surface area contributed by atoms with Crippen LogP contribution < -0.4 is 0 Å². The zero-order chi connectivity index (χ0) is 13.4. The number of hydrogen-bond donors (Lipinski definition) is 0. The Labute approximate surface area is 122 Å². The molecular formula is C14H8ClFOS2. The third kappa shape index (κ3) is 2.43. The molecule has 2 aromatic heterocycles. The molecule has 0 amide bonds. The fourth-order valence-corrected chi connectivity index (χ4v) is 4.13. The van der Waals surface area contributed by atoms with Crippen LogP contribution in [0.3, 0.4) is 0 Å². The quantitative estimate of drug-likeness (QED) is 0.609. The van der Waals surface area contributed by atoms with Gasteiger partial charge >= 0.3 is 0 Å². The third-order valence-corrected chi connectivity index (χ3v) is 5.30. The van der Waals surface area contributed by atoms with Gasteiger partial charge in [0.25, 0.3) is 0 Å². The molecule has 3 aromatic rings. The van der Waals surface area contributed by atoms with Crippen molar-refractivity contribution in [1.82, 2.24) is 0 Å². The number of Topliss-reactive ketones (excluding diaryl/α,β-unsaturated/α-hetero) is 1.